The lowest BCUT2D eigenvalue weighted by Gasteiger charge is -2.44. The molecule has 3 fully saturated rings. The van der Waals surface area contributed by atoms with Crippen molar-refractivity contribution in [1.82, 2.24) is 9.80 Å². The van der Waals surface area contributed by atoms with Crippen LogP contribution in [-0.2, 0) is 15.7 Å². The predicted octanol–water partition coefficient (Wildman–Crippen LogP) is 5.47. The van der Waals surface area contributed by atoms with Crippen molar-refractivity contribution in [1.29, 1.82) is 0 Å². The average molecular weight is 513 g/mol. The number of nitrogens with zero attached hydrogens (tertiary/aromatic N) is 2. The number of morpholine rings is 1. The number of hydrogen-bond donors (Lipinski definition) is 0. The monoisotopic (exact) mass is 512 g/mol. The molecule has 2 aliphatic heterocycles. The summed E-state index contributed by atoms with van der Waals surface area (Å²) < 4.78 is 52.3. The van der Waals surface area contributed by atoms with Crippen LogP contribution in [0, 0.1) is 5.92 Å². The van der Waals surface area contributed by atoms with Gasteiger partial charge in [0, 0.05) is 30.9 Å². The summed E-state index contributed by atoms with van der Waals surface area (Å²) in [6, 6.07) is 2.72. The van der Waals surface area contributed by atoms with Gasteiger partial charge < -0.3 is 19.0 Å². The molecule has 1 aromatic carbocycles. The Morgan fingerprint density at radius 2 is 1.77 bits per heavy atom. The van der Waals surface area contributed by atoms with Crippen LogP contribution >= 0.6 is 11.6 Å². The fraction of sp³-hybridized carbons (Fsp3) is 0.600. The number of fused-ring (bicyclic) bond motifs is 1. The molecule has 0 atom stereocenters. The minimum absolute atomic E-state index is 0.0505. The highest BCUT2D eigenvalue weighted by atomic mass is 35.5. The Labute approximate surface area is 206 Å². The van der Waals surface area contributed by atoms with E-state index in [2.05, 4.69) is 0 Å². The van der Waals surface area contributed by atoms with Crippen LogP contribution in [0.25, 0.3) is 11.0 Å². The SMILES string of the molecule is CC1(C)COCCN1C(=O)C1CCN(C(=O)c2oc3c(C(F)(F)F)cc(C4CC4)cc3c2Cl)CC1. The highest BCUT2D eigenvalue weighted by Gasteiger charge is 2.41. The fourth-order valence-corrected chi connectivity index (χ4v) is 5.41. The minimum Gasteiger partial charge on any atom is -0.449 e. The van der Waals surface area contributed by atoms with Crippen LogP contribution < -0.4 is 0 Å². The predicted molar refractivity (Wildman–Crippen MR) is 123 cm³/mol. The number of carbonyl (C=O) groups is 2. The molecule has 0 N–H and O–H groups in total. The van der Waals surface area contributed by atoms with Crippen LogP contribution in [0.4, 0.5) is 13.2 Å². The first-order chi connectivity index (χ1) is 16.5. The molecule has 1 aromatic heterocycles. The third kappa shape index (κ3) is 4.53. The van der Waals surface area contributed by atoms with Crippen molar-refractivity contribution in [2.45, 2.75) is 57.2 Å². The number of benzene rings is 1. The molecule has 0 spiro atoms. The van der Waals surface area contributed by atoms with E-state index in [1.807, 2.05) is 18.7 Å². The van der Waals surface area contributed by atoms with Gasteiger partial charge >= 0.3 is 6.18 Å². The zero-order valence-electron chi connectivity index (χ0n) is 19.7. The van der Waals surface area contributed by atoms with Gasteiger partial charge in [0.2, 0.25) is 11.7 Å². The van der Waals surface area contributed by atoms with Crippen molar-refractivity contribution in [2.75, 3.05) is 32.8 Å². The van der Waals surface area contributed by atoms with Gasteiger partial charge in [-0.3, -0.25) is 9.59 Å². The van der Waals surface area contributed by atoms with Crippen molar-refractivity contribution >= 4 is 34.4 Å². The van der Waals surface area contributed by atoms with E-state index in [4.69, 9.17) is 20.8 Å². The molecule has 0 bridgehead atoms. The molecule has 10 heteroatoms. The summed E-state index contributed by atoms with van der Waals surface area (Å²) in [6.07, 6.45) is -2.03. The quantitative estimate of drug-likeness (QED) is 0.547. The fourth-order valence-electron chi connectivity index (χ4n) is 5.15. The van der Waals surface area contributed by atoms with Gasteiger partial charge in [-0.2, -0.15) is 13.2 Å². The second-order valence-electron chi connectivity index (χ2n) is 10.4. The second kappa shape index (κ2) is 8.69. The van der Waals surface area contributed by atoms with Crippen LogP contribution in [0.15, 0.2) is 16.5 Å². The largest absolute Gasteiger partial charge is 0.449 e. The average Bonchev–Trinajstić information content (AvgIpc) is 3.61. The number of carbonyl (C=O) groups excluding carboxylic acids is 2. The van der Waals surface area contributed by atoms with E-state index in [9.17, 15) is 22.8 Å². The second-order valence-corrected chi connectivity index (χ2v) is 10.8. The highest BCUT2D eigenvalue weighted by molar-refractivity contribution is 6.38. The molecule has 5 rings (SSSR count). The lowest BCUT2D eigenvalue weighted by Crippen LogP contribution is -2.58. The maximum atomic E-state index is 13.8. The van der Waals surface area contributed by atoms with Crippen LogP contribution in [-0.4, -0.2) is 60.0 Å². The number of amides is 2. The highest BCUT2D eigenvalue weighted by Crippen LogP contribution is 2.47. The van der Waals surface area contributed by atoms with E-state index in [0.29, 0.717) is 51.3 Å². The summed E-state index contributed by atoms with van der Waals surface area (Å²) in [5, 5.41) is 0.0256. The summed E-state index contributed by atoms with van der Waals surface area (Å²) in [5.74, 6) is -0.919. The number of rotatable bonds is 3. The van der Waals surface area contributed by atoms with E-state index >= 15 is 0 Å². The van der Waals surface area contributed by atoms with Gasteiger partial charge in [-0.25, -0.2) is 0 Å². The van der Waals surface area contributed by atoms with Gasteiger partial charge in [-0.05, 0) is 63.1 Å². The third-order valence-electron chi connectivity index (χ3n) is 7.34. The van der Waals surface area contributed by atoms with Crippen LogP contribution in [0.1, 0.15) is 67.1 Å². The summed E-state index contributed by atoms with van der Waals surface area (Å²) in [4.78, 5) is 29.7. The maximum Gasteiger partial charge on any atom is 0.420 e. The minimum atomic E-state index is -4.63. The standard InChI is InChI=1S/C25H28ClF3N2O4/c1-24(2)13-34-10-9-31(24)22(32)15-5-7-30(8-6-15)23(33)21-19(26)17-11-16(14-3-4-14)12-18(20(17)35-21)25(27,28)29/h11-12,14-15H,3-10,13H2,1-2H3. The van der Waals surface area contributed by atoms with Gasteiger partial charge in [0.1, 0.15) is 5.58 Å². The number of alkyl halides is 3. The van der Waals surface area contributed by atoms with Crippen molar-refractivity contribution < 1.29 is 31.9 Å². The first kappa shape index (κ1) is 24.4. The maximum absolute atomic E-state index is 13.8. The zero-order chi connectivity index (χ0) is 25.1. The van der Waals surface area contributed by atoms with Crippen LogP contribution in [0.3, 0.4) is 0 Å². The summed E-state index contributed by atoms with van der Waals surface area (Å²) >= 11 is 6.42. The van der Waals surface area contributed by atoms with E-state index in [-0.39, 0.29) is 39.5 Å². The van der Waals surface area contributed by atoms with Gasteiger partial charge in [0.25, 0.3) is 5.91 Å². The molecule has 1 aliphatic carbocycles. The molecule has 1 saturated carbocycles. The Kier molecular flexibility index (Phi) is 6.07. The van der Waals surface area contributed by atoms with E-state index in [1.54, 1.807) is 6.07 Å². The molecular formula is C25H28ClF3N2O4. The summed E-state index contributed by atoms with van der Waals surface area (Å²) in [5.41, 5.74) is -1.14. The summed E-state index contributed by atoms with van der Waals surface area (Å²) in [6.45, 7) is 6.04. The Morgan fingerprint density at radius 1 is 1.09 bits per heavy atom. The van der Waals surface area contributed by atoms with Gasteiger partial charge in [-0.15, -0.1) is 0 Å². The number of ether oxygens (including phenoxy) is 1. The lowest BCUT2D eigenvalue weighted by atomic mass is 9.92. The molecule has 35 heavy (non-hydrogen) atoms. The molecule has 2 saturated heterocycles. The molecule has 6 nitrogen and oxygen atoms in total. The molecule has 3 heterocycles. The van der Waals surface area contributed by atoms with E-state index in [1.165, 1.54) is 4.90 Å². The molecule has 2 amide bonds. The van der Waals surface area contributed by atoms with Crippen molar-refractivity contribution in [3.05, 3.63) is 34.0 Å². The van der Waals surface area contributed by atoms with Crippen LogP contribution in [0.2, 0.25) is 5.02 Å². The van der Waals surface area contributed by atoms with Crippen molar-refractivity contribution in [3.8, 4) is 0 Å². The molecular weight excluding hydrogens is 485 g/mol. The van der Waals surface area contributed by atoms with Crippen molar-refractivity contribution in [3.63, 3.8) is 0 Å². The molecule has 2 aromatic rings. The molecule has 0 radical (unpaired) electrons. The van der Waals surface area contributed by atoms with Gasteiger partial charge in [0.05, 0.1) is 29.3 Å². The van der Waals surface area contributed by atoms with Crippen LogP contribution in [0.5, 0.6) is 0 Å². The van der Waals surface area contributed by atoms with Gasteiger partial charge in [0.15, 0.2) is 0 Å². The first-order valence-corrected chi connectivity index (χ1v) is 12.4. The Hall–Kier alpha value is -2.26. The smallest absolute Gasteiger partial charge is 0.420 e. The van der Waals surface area contributed by atoms with Crippen molar-refractivity contribution in [2.24, 2.45) is 5.92 Å². The summed E-state index contributed by atoms with van der Waals surface area (Å²) in [7, 11) is 0. The Bertz CT molecular complexity index is 1160. The zero-order valence-corrected chi connectivity index (χ0v) is 20.5. The molecule has 3 aliphatic rings. The number of halogens is 4. The van der Waals surface area contributed by atoms with E-state index < -0.39 is 23.2 Å². The Balaban J connectivity index is 1.35. The first-order valence-electron chi connectivity index (χ1n) is 12.0. The molecule has 0 unspecified atom stereocenters. The number of likely N-dealkylation sites (tertiary alicyclic amines) is 1. The van der Waals surface area contributed by atoms with E-state index in [0.717, 1.165) is 18.9 Å². The normalized spacial score (nSPS) is 21.5. The van der Waals surface area contributed by atoms with Gasteiger partial charge in [-0.1, -0.05) is 11.6 Å². The topological polar surface area (TPSA) is 63.0 Å². The Morgan fingerprint density at radius 3 is 2.37 bits per heavy atom. The molecule has 190 valence electrons. The number of hydrogen-bond acceptors (Lipinski definition) is 4. The third-order valence-corrected chi connectivity index (χ3v) is 7.72. The number of piperidine rings is 1. The lowest BCUT2D eigenvalue weighted by molar-refractivity contribution is -0.152. The number of furan rings is 1.